The Labute approximate surface area is 94.7 Å². The zero-order chi connectivity index (χ0) is 11.9. The molecule has 0 amide bonds. The van der Waals surface area contributed by atoms with Gasteiger partial charge in [-0.05, 0) is 12.1 Å². The number of fused-ring (bicyclic) bond motifs is 1. The van der Waals surface area contributed by atoms with Gasteiger partial charge in [0.2, 0.25) is 0 Å². The highest BCUT2D eigenvalue weighted by molar-refractivity contribution is 5.89. The lowest BCUT2D eigenvalue weighted by atomic mass is 9.91. The van der Waals surface area contributed by atoms with Crippen LogP contribution in [0, 0.1) is 0 Å². The summed E-state index contributed by atoms with van der Waals surface area (Å²) in [4.78, 5) is 8.69. The number of pyridine rings is 2. The minimum Gasteiger partial charge on any atom is -0.398 e. The second kappa shape index (κ2) is 3.33. The fraction of sp³-hybridized carbons (Fsp3) is 0.333. The minimum absolute atomic E-state index is 0.00473. The zero-order valence-corrected chi connectivity index (χ0v) is 9.78. The summed E-state index contributed by atoms with van der Waals surface area (Å²) < 4.78 is 0. The first-order chi connectivity index (χ1) is 7.38. The molecule has 0 bridgehead atoms. The van der Waals surface area contributed by atoms with Crippen LogP contribution in [0.25, 0.3) is 11.0 Å². The van der Waals surface area contributed by atoms with E-state index in [0.29, 0.717) is 17.2 Å². The van der Waals surface area contributed by atoms with E-state index in [1.807, 2.05) is 12.1 Å². The maximum atomic E-state index is 5.86. The predicted molar refractivity (Wildman–Crippen MR) is 67.1 cm³/mol. The maximum absolute atomic E-state index is 5.86. The van der Waals surface area contributed by atoms with Crippen LogP contribution in [0.3, 0.4) is 0 Å². The van der Waals surface area contributed by atoms with Crippen molar-refractivity contribution in [2.75, 3.05) is 11.5 Å². The summed E-state index contributed by atoms with van der Waals surface area (Å²) in [5.41, 5.74) is 13.7. The van der Waals surface area contributed by atoms with Crippen LogP contribution < -0.4 is 11.5 Å². The molecular formula is C12H16N4. The molecule has 0 spiro atoms. The van der Waals surface area contributed by atoms with E-state index in [1.54, 1.807) is 6.07 Å². The van der Waals surface area contributed by atoms with E-state index >= 15 is 0 Å². The summed E-state index contributed by atoms with van der Waals surface area (Å²) >= 11 is 0. The Kier molecular flexibility index (Phi) is 2.22. The molecule has 0 radical (unpaired) electrons. The van der Waals surface area contributed by atoms with Crippen molar-refractivity contribution in [3.8, 4) is 0 Å². The van der Waals surface area contributed by atoms with Gasteiger partial charge in [0.15, 0.2) is 5.65 Å². The van der Waals surface area contributed by atoms with Crippen molar-refractivity contribution in [2.24, 2.45) is 0 Å². The average Bonchev–Trinajstić information content (AvgIpc) is 2.15. The highest BCUT2D eigenvalue weighted by Gasteiger charge is 2.16. The molecule has 2 aromatic rings. The molecule has 2 heterocycles. The highest BCUT2D eigenvalue weighted by atomic mass is 14.9. The largest absolute Gasteiger partial charge is 0.398 e. The SMILES string of the molecule is CC(C)(C)c1ccc2c(N)cc(N)nc2n1. The second-order valence-corrected chi connectivity index (χ2v) is 4.95. The monoisotopic (exact) mass is 216 g/mol. The van der Waals surface area contributed by atoms with Gasteiger partial charge in [0.05, 0.1) is 0 Å². The van der Waals surface area contributed by atoms with E-state index in [4.69, 9.17) is 11.5 Å². The van der Waals surface area contributed by atoms with E-state index in [0.717, 1.165) is 11.1 Å². The van der Waals surface area contributed by atoms with Crippen molar-refractivity contribution < 1.29 is 0 Å². The van der Waals surface area contributed by atoms with Gasteiger partial charge in [-0.15, -0.1) is 0 Å². The van der Waals surface area contributed by atoms with Crippen LogP contribution in [0.1, 0.15) is 26.5 Å². The van der Waals surface area contributed by atoms with E-state index in [-0.39, 0.29) is 5.41 Å². The van der Waals surface area contributed by atoms with Gasteiger partial charge in [0.1, 0.15) is 5.82 Å². The predicted octanol–water partition coefficient (Wildman–Crippen LogP) is 2.09. The van der Waals surface area contributed by atoms with Crippen LogP contribution >= 0.6 is 0 Å². The molecule has 2 rings (SSSR count). The van der Waals surface area contributed by atoms with Crippen molar-refractivity contribution in [3.05, 3.63) is 23.9 Å². The Morgan fingerprint density at radius 3 is 2.38 bits per heavy atom. The molecule has 2 aromatic heterocycles. The smallest absolute Gasteiger partial charge is 0.163 e. The molecule has 0 unspecified atom stereocenters. The number of aromatic nitrogens is 2. The van der Waals surface area contributed by atoms with E-state index in [1.165, 1.54) is 0 Å². The van der Waals surface area contributed by atoms with Crippen molar-refractivity contribution in [3.63, 3.8) is 0 Å². The van der Waals surface area contributed by atoms with Crippen LogP contribution in [0.5, 0.6) is 0 Å². The first-order valence-corrected chi connectivity index (χ1v) is 5.21. The van der Waals surface area contributed by atoms with Gasteiger partial charge < -0.3 is 11.5 Å². The number of rotatable bonds is 0. The summed E-state index contributed by atoms with van der Waals surface area (Å²) in [6.45, 7) is 6.32. The molecule has 0 aromatic carbocycles. The van der Waals surface area contributed by atoms with Gasteiger partial charge >= 0.3 is 0 Å². The third-order valence-corrected chi connectivity index (χ3v) is 2.49. The van der Waals surface area contributed by atoms with Gasteiger partial charge in [-0.25, -0.2) is 9.97 Å². The third kappa shape index (κ3) is 1.78. The molecule has 4 N–H and O–H groups in total. The molecular weight excluding hydrogens is 200 g/mol. The van der Waals surface area contributed by atoms with Crippen molar-refractivity contribution in [1.82, 2.24) is 9.97 Å². The Hall–Kier alpha value is -1.84. The highest BCUT2D eigenvalue weighted by Crippen LogP contribution is 2.25. The summed E-state index contributed by atoms with van der Waals surface area (Å²) in [7, 11) is 0. The topological polar surface area (TPSA) is 77.8 Å². The van der Waals surface area contributed by atoms with Gasteiger partial charge in [0, 0.05) is 28.2 Å². The summed E-state index contributed by atoms with van der Waals surface area (Å²) in [6.07, 6.45) is 0. The summed E-state index contributed by atoms with van der Waals surface area (Å²) in [5.74, 6) is 0.406. The molecule has 16 heavy (non-hydrogen) atoms. The fourth-order valence-corrected chi connectivity index (χ4v) is 1.57. The van der Waals surface area contributed by atoms with Crippen LogP contribution in [-0.2, 0) is 5.41 Å². The lowest BCUT2D eigenvalue weighted by Crippen LogP contribution is -2.13. The van der Waals surface area contributed by atoms with Crippen LogP contribution in [0.15, 0.2) is 18.2 Å². The van der Waals surface area contributed by atoms with E-state index in [9.17, 15) is 0 Å². The Morgan fingerprint density at radius 2 is 1.75 bits per heavy atom. The molecule has 0 aliphatic heterocycles. The normalized spacial score (nSPS) is 11.9. The lowest BCUT2D eigenvalue weighted by molar-refractivity contribution is 0.571. The molecule has 4 heteroatoms. The second-order valence-electron chi connectivity index (χ2n) is 4.95. The molecule has 0 saturated heterocycles. The van der Waals surface area contributed by atoms with E-state index in [2.05, 4.69) is 30.7 Å². The van der Waals surface area contributed by atoms with Gasteiger partial charge in [-0.2, -0.15) is 0 Å². The van der Waals surface area contributed by atoms with E-state index < -0.39 is 0 Å². The van der Waals surface area contributed by atoms with Crippen molar-refractivity contribution >= 4 is 22.5 Å². The Balaban J connectivity index is 2.71. The standard InChI is InChI=1S/C12H16N4/c1-12(2,3)9-5-4-7-8(13)6-10(14)16-11(7)15-9/h4-6H,1-3H3,(H4,13,14,15,16). The summed E-state index contributed by atoms with van der Waals surface area (Å²) in [6, 6.07) is 5.59. The zero-order valence-electron chi connectivity index (χ0n) is 9.78. The molecule has 0 saturated carbocycles. The van der Waals surface area contributed by atoms with Crippen LogP contribution in [0.2, 0.25) is 0 Å². The Morgan fingerprint density at radius 1 is 1.06 bits per heavy atom. The number of nitrogens with zero attached hydrogens (tertiary/aromatic N) is 2. The van der Waals surface area contributed by atoms with Gasteiger partial charge in [-0.1, -0.05) is 20.8 Å². The molecule has 0 aliphatic rings. The molecule has 0 fully saturated rings. The molecule has 4 nitrogen and oxygen atoms in total. The number of nitrogen functional groups attached to an aromatic ring is 2. The number of hydrogen-bond acceptors (Lipinski definition) is 4. The van der Waals surface area contributed by atoms with Gasteiger partial charge in [0.25, 0.3) is 0 Å². The average molecular weight is 216 g/mol. The first-order valence-electron chi connectivity index (χ1n) is 5.21. The lowest BCUT2D eigenvalue weighted by Gasteiger charge is -2.17. The van der Waals surface area contributed by atoms with Crippen molar-refractivity contribution in [1.29, 1.82) is 0 Å². The quantitative estimate of drug-likeness (QED) is 0.706. The molecule has 0 atom stereocenters. The number of anilines is 2. The molecule has 0 aliphatic carbocycles. The van der Waals surface area contributed by atoms with Gasteiger partial charge in [-0.3, -0.25) is 0 Å². The van der Waals surface area contributed by atoms with Crippen LogP contribution in [-0.4, -0.2) is 9.97 Å². The minimum atomic E-state index is -0.00473. The maximum Gasteiger partial charge on any atom is 0.163 e. The molecule has 84 valence electrons. The number of nitrogens with two attached hydrogens (primary N) is 2. The third-order valence-electron chi connectivity index (χ3n) is 2.49. The van der Waals surface area contributed by atoms with Crippen molar-refractivity contribution in [2.45, 2.75) is 26.2 Å². The Bertz CT molecular complexity index is 540. The number of hydrogen-bond donors (Lipinski definition) is 2. The fourth-order valence-electron chi connectivity index (χ4n) is 1.57. The first kappa shape index (κ1) is 10.7. The summed E-state index contributed by atoms with van der Waals surface area (Å²) in [5, 5.41) is 0.849. The van der Waals surface area contributed by atoms with Crippen LogP contribution in [0.4, 0.5) is 11.5 Å².